The lowest BCUT2D eigenvalue weighted by Crippen LogP contribution is -2.56. The molecule has 1 atom stereocenters. The average Bonchev–Trinajstić information content (AvgIpc) is 2.99. The molecule has 0 aliphatic carbocycles. The van der Waals surface area contributed by atoms with Crippen LogP contribution >= 0.6 is 0 Å². The molecule has 4 amide bonds. The summed E-state index contributed by atoms with van der Waals surface area (Å²) in [5.74, 6) is -0.0277. The molecule has 7 nitrogen and oxygen atoms in total. The quantitative estimate of drug-likeness (QED) is 0.754. The van der Waals surface area contributed by atoms with Crippen LogP contribution in [0.5, 0.6) is 0 Å². The largest absolute Gasteiger partial charge is 0.340 e. The molecule has 31 heavy (non-hydrogen) atoms. The molecule has 1 unspecified atom stereocenters. The Morgan fingerprint density at radius 2 is 1.77 bits per heavy atom. The van der Waals surface area contributed by atoms with Crippen LogP contribution in [0.1, 0.15) is 52.0 Å². The fraction of sp³-hybridized carbons (Fsp3) is 0.625. The van der Waals surface area contributed by atoms with Gasteiger partial charge in [-0.25, -0.2) is 4.79 Å². The van der Waals surface area contributed by atoms with Crippen molar-refractivity contribution in [3.05, 3.63) is 35.9 Å². The van der Waals surface area contributed by atoms with Gasteiger partial charge >= 0.3 is 6.03 Å². The number of nitrogens with zero attached hydrogens (tertiary/aromatic N) is 3. The molecule has 1 aromatic carbocycles. The van der Waals surface area contributed by atoms with Crippen LogP contribution in [-0.4, -0.2) is 70.3 Å². The summed E-state index contributed by atoms with van der Waals surface area (Å²) in [4.78, 5) is 44.7. The summed E-state index contributed by atoms with van der Waals surface area (Å²) in [7, 11) is 0. The summed E-state index contributed by atoms with van der Waals surface area (Å²) >= 11 is 0. The van der Waals surface area contributed by atoms with Crippen LogP contribution in [0.2, 0.25) is 0 Å². The second-order valence-electron chi connectivity index (χ2n) is 10.2. The summed E-state index contributed by atoms with van der Waals surface area (Å²) in [6, 6.07) is 9.78. The molecule has 0 radical (unpaired) electrons. The summed E-state index contributed by atoms with van der Waals surface area (Å²) in [5, 5.41) is 3.03. The molecule has 3 aliphatic rings. The van der Waals surface area contributed by atoms with Gasteiger partial charge < -0.3 is 10.2 Å². The van der Waals surface area contributed by atoms with Gasteiger partial charge in [-0.3, -0.25) is 19.4 Å². The lowest BCUT2D eigenvalue weighted by Gasteiger charge is -2.40. The first kappa shape index (κ1) is 21.8. The minimum atomic E-state index is -0.791. The van der Waals surface area contributed by atoms with Crippen molar-refractivity contribution in [3.8, 4) is 0 Å². The number of benzene rings is 1. The van der Waals surface area contributed by atoms with Gasteiger partial charge in [0.25, 0.3) is 5.91 Å². The predicted molar refractivity (Wildman–Crippen MR) is 118 cm³/mol. The lowest BCUT2D eigenvalue weighted by molar-refractivity contribution is -0.144. The fourth-order valence-electron chi connectivity index (χ4n) is 5.07. The normalized spacial score (nSPS) is 24.5. The number of imide groups is 1. The summed E-state index contributed by atoms with van der Waals surface area (Å²) in [6.07, 6.45) is 2.81. The summed E-state index contributed by atoms with van der Waals surface area (Å²) in [5.41, 5.74) is -0.000280. The zero-order chi connectivity index (χ0) is 22.2. The number of urea groups is 1. The lowest BCUT2D eigenvalue weighted by atomic mass is 9.86. The van der Waals surface area contributed by atoms with Crippen molar-refractivity contribution in [3.63, 3.8) is 0 Å². The molecule has 3 fully saturated rings. The molecule has 7 heteroatoms. The van der Waals surface area contributed by atoms with Crippen molar-refractivity contribution in [1.29, 1.82) is 0 Å². The van der Waals surface area contributed by atoms with E-state index in [4.69, 9.17) is 0 Å². The van der Waals surface area contributed by atoms with Gasteiger partial charge in [0.15, 0.2) is 0 Å². The zero-order valence-electron chi connectivity index (χ0n) is 18.9. The maximum Gasteiger partial charge on any atom is 0.325 e. The Labute approximate surface area is 184 Å². The van der Waals surface area contributed by atoms with E-state index in [-0.39, 0.29) is 23.9 Å². The van der Waals surface area contributed by atoms with E-state index in [9.17, 15) is 14.4 Å². The Balaban J connectivity index is 1.40. The van der Waals surface area contributed by atoms with Crippen molar-refractivity contribution in [2.24, 2.45) is 5.41 Å². The van der Waals surface area contributed by atoms with Crippen molar-refractivity contribution in [2.45, 2.75) is 64.6 Å². The van der Waals surface area contributed by atoms with E-state index >= 15 is 0 Å². The van der Waals surface area contributed by atoms with Crippen LogP contribution < -0.4 is 5.32 Å². The highest BCUT2D eigenvalue weighted by Gasteiger charge is 2.54. The van der Waals surface area contributed by atoms with Crippen molar-refractivity contribution in [2.75, 3.05) is 26.2 Å². The van der Waals surface area contributed by atoms with Gasteiger partial charge in [0.05, 0.1) is 6.04 Å². The third kappa shape index (κ3) is 4.33. The van der Waals surface area contributed by atoms with E-state index in [1.807, 2.05) is 43.9 Å². The van der Waals surface area contributed by atoms with Crippen LogP contribution in [0.4, 0.5) is 4.79 Å². The smallest absolute Gasteiger partial charge is 0.325 e. The molecule has 0 bridgehead atoms. The molecule has 3 aliphatic heterocycles. The van der Waals surface area contributed by atoms with Gasteiger partial charge in [-0.15, -0.1) is 0 Å². The number of hydrogen-bond donors (Lipinski definition) is 1. The Morgan fingerprint density at radius 1 is 1.10 bits per heavy atom. The summed E-state index contributed by atoms with van der Waals surface area (Å²) in [6.45, 7) is 9.25. The van der Waals surface area contributed by atoms with E-state index in [1.165, 1.54) is 10.5 Å². The molecule has 0 saturated carbocycles. The van der Waals surface area contributed by atoms with E-state index in [2.05, 4.69) is 22.3 Å². The number of piperidine rings is 2. The highest BCUT2D eigenvalue weighted by molar-refractivity contribution is 6.07. The van der Waals surface area contributed by atoms with Crippen LogP contribution in [0.25, 0.3) is 0 Å². The van der Waals surface area contributed by atoms with E-state index in [1.54, 1.807) is 0 Å². The van der Waals surface area contributed by atoms with E-state index in [0.29, 0.717) is 25.9 Å². The standard InChI is InChI=1S/C24H34N4O3/c1-23(2,3)20(29)27-13-7-10-19(17-27)28-21(30)24(25-22(28)31)11-14-26(15-12-24)16-18-8-5-4-6-9-18/h4-6,8-9,19H,7,10-17H2,1-3H3,(H,25,31). The van der Waals surface area contributed by atoms with Crippen LogP contribution in [0.15, 0.2) is 30.3 Å². The monoisotopic (exact) mass is 426 g/mol. The third-order valence-corrected chi connectivity index (χ3v) is 6.84. The number of carbonyl (C=O) groups is 3. The first-order chi connectivity index (χ1) is 14.7. The molecule has 3 saturated heterocycles. The van der Waals surface area contributed by atoms with Crippen LogP contribution in [0.3, 0.4) is 0 Å². The predicted octanol–water partition coefficient (Wildman–Crippen LogP) is 2.61. The molecule has 4 rings (SSSR count). The van der Waals surface area contributed by atoms with E-state index < -0.39 is 11.0 Å². The molecule has 3 heterocycles. The Kier molecular flexibility index (Phi) is 5.81. The number of carbonyl (C=O) groups excluding carboxylic acids is 3. The maximum atomic E-state index is 13.5. The Hall–Kier alpha value is -2.41. The van der Waals surface area contributed by atoms with Crippen LogP contribution in [-0.2, 0) is 16.1 Å². The Bertz CT molecular complexity index is 840. The molecular weight excluding hydrogens is 392 g/mol. The van der Waals surface area contributed by atoms with Gasteiger partial charge in [0.1, 0.15) is 5.54 Å². The summed E-state index contributed by atoms with van der Waals surface area (Å²) < 4.78 is 0. The van der Waals surface area contributed by atoms with Crippen molar-refractivity contribution < 1.29 is 14.4 Å². The zero-order valence-corrected chi connectivity index (χ0v) is 18.9. The molecule has 1 N–H and O–H groups in total. The SMILES string of the molecule is CC(C)(C)C(=O)N1CCCC(N2C(=O)NC3(CCN(Cc4ccccc4)CC3)C2=O)C1. The number of nitrogens with one attached hydrogen (secondary N) is 1. The average molecular weight is 427 g/mol. The Morgan fingerprint density at radius 3 is 2.42 bits per heavy atom. The molecule has 1 spiro atoms. The maximum absolute atomic E-state index is 13.5. The third-order valence-electron chi connectivity index (χ3n) is 6.84. The van der Waals surface area contributed by atoms with Crippen LogP contribution in [0, 0.1) is 5.41 Å². The van der Waals surface area contributed by atoms with Crippen molar-refractivity contribution >= 4 is 17.8 Å². The first-order valence-corrected chi connectivity index (χ1v) is 11.4. The number of rotatable bonds is 3. The van der Waals surface area contributed by atoms with Gasteiger partial charge in [-0.2, -0.15) is 0 Å². The molecule has 1 aromatic rings. The van der Waals surface area contributed by atoms with Crippen molar-refractivity contribution in [1.82, 2.24) is 20.0 Å². The molecule has 0 aromatic heterocycles. The highest BCUT2D eigenvalue weighted by Crippen LogP contribution is 2.33. The minimum absolute atomic E-state index is 0.0770. The fourth-order valence-corrected chi connectivity index (χ4v) is 5.07. The van der Waals surface area contributed by atoms with Gasteiger partial charge in [-0.05, 0) is 31.2 Å². The number of likely N-dealkylation sites (tertiary alicyclic amines) is 2. The van der Waals surface area contributed by atoms with Gasteiger partial charge in [0, 0.05) is 38.1 Å². The van der Waals surface area contributed by atoms with Gasteiger partial charge in [-0.1, -0.05) is 51.1 Å². The van der Waals surface area contributed by atoms with Gasteiger partial charge in [0.2, 0.25) is 5.91 Å². The second kappa shape index (κ2) is 8.26. The number of hydrogen-bond acceptors (Lipinski definition) is 4. The number of amides is 4. The molecular formula is C24H34N4O3. The topological polar surface area (TPSA) is 73.0 Å². The highest BCUT2D eigenvalue weighted by atomic mass is 16.2. The molecule has 168 valence electrons. The second-order valence-corrected chi connectivity index (χ2v) is 10.2. The first-order valence-electron chi connectivity index (χ1n) is 11.4. The minimum Gasteiger partial charge on any atom is -0.340 e. The van der Waals surface area contributed by atoms with E-state index in [0.717, 1.165) is 32.5 Å².